The minimum atomic E-state index is -0.168. The van der Waals surface area contributed by atoms with Gasteiger partial charge in [0.05, 0.1) is 0 Å². The number of hydrogen-bond donors (Lipinski definition) is 2. The van der Waals surface area contributed by atoms with Gasteiger partial charge in [-0.3, -0.25) is 4.79 Å². The average molecular weight is 234 g/mol. The van der Waals surface area contributed by atoms with Crippen LogP contribution in [0.1, 0.15) is 18.1 Å². The molecular formula is C12H18N4O. The lowest BCUT2D eigenvalue weighted by Crippen LogP contribution is -2.54. The number of nitrogens with zero attached hydrogens (tertiary/aromatic N) is 2. The molecule has 1 atom stereocenters. The van der Waals surface area contributed by atoms with E-state index >= 15 is 0 Å². The molecule has 2 rings (SSSR count). The van der Waals surface area contributed by atoms with Crippen LogP contribution >= 0.6 is 0 Å². The second kappa shape index (κ2) is 4.71. The number of rotatable bonds is 2. The van der Waals surface area contributed by atoms with Gasteiger partial charge in [0.25, 0.3) is 0 Å². The summed E-state index contributed by atoms with van der Waals surface area (Å²) >= 11 is 0. The lowest BCUT2D eigenvalue weighted by atomic mass is 10.1. The number of piperazine rings is 1. The monoisotopic (exact) mass is 234 g/mol. The molecule has 0 saturated carbocycles. The summed E-state index contributed by atoms with van der Waals surface area (Å²) in [5, 5.41) is 2.85. The number of anilines is 1. The Morgan fingerprint density at radius 3 is 3.06 bits per heavy atom. The number of nitrogens with two attached hydrogens (primary N) is 1. The Morgan fingerprint density at radius 2 is 2.41 bits per heavy atom. The molecule has 5 heteroatoms. The number of hydrogen-bond acceptors (Lipinski definition) is 4. The standard InChI is InChI=1S/C12H18N4O/c1-8-5-10(6-13)7-15-11(8)16-4-3-14-12(17)9(16)2/h5,7,9H,3-4,6,13H2,1-2H3,(H,14,17). The van der Waals surface area contributed by atoms with Gasteiger partial charge < -0.3 is 16.0 Å². The maximum Gasteiger partial charge on any atom is 0.242 e. The van der Waals surface area contributed by atoms with Gasteiger partial charge in [0.1, 0.15) is 11.9 Å². The van der Waals surface area contributed by atoms with Crippen LogP contribution in [0, 0.1) is 6.92 Å². The van der Waals surface area contributed by atoms with Crippen molar-refractivity contribution < 1.29 is 4.79 Å². The van der Waals surface area contributed by atoms with Gasteiger partial charge in [-0.05, 0) is 31.0 Å². The normalized spacial score (nSPS) is 20.3. The average Bonchev–Trinajstić information content (AvgIpc) is 2.33. The smallest absolute Gasteiger partial charge is 0.242 e. The molecule has 1 unspecified atom stereocenters. The summed E-state index contributed by atoms with van der Waals surface area (Å²) in [6.07, 6.45) is 1.78. The number of pyridine rings is 1. The summed E-state index contributed by atoms with van der Waals surface area (Å²) in [6.45, 7) is 5.85. The third-order valence-electron chi connectivity index (χ3n) is 3.11. The molecule has 1 saturated heterocycles. The zero-order chi connectivity index (χ0) is 12.4. The summed E-state index contributed by atoms with van der Waals surface area (Å²) in [7, 11) is 0. The van der Waals surface area contributed by atoms with Gasteiger partial charge in [0.2, 0.25) is 5.91 Å². The van der Waals surface area contributed by atoms with Crippen LogP contribution in [0.25, 0.3) is 0 Å². The molecule has 0 aromatic carbocycles. The van der Waals surface area contributed by atoms with Crippen molar-refractivity contribution in [2.75, 3.05) is 18.0 Å². The lowest BCUT2D eigenvalue weighted by Gasteiger charge is -2.34. The Kier molecular flexibility index (Phi) is 3.28. The van der Waals surface area contributed by atoms with Crippen molar-refractivity contribution in [3.05, 3.63) is 23.4 Å². The van der Waals surface area contributed by atoms with E-state index in [0.717, 1.165) is 23.5 Å². The molecule has 1 aliphatic heterocycles. The summed E-state index contributed by atoms with van der Waals surface area (Å²) in [6, 6.07) is 1.86. The predicted octanol–water partition coefficient (Wildman–Crippen LogP) is 0.173. The van der Waals surface area contributed by atoms with Crippen LogP contribution in [0.2, 0.25) is 0 Å². The Labute approximate surface area is 101 Å². The Balaban J connectivity index is 2.30. The second-order valence-corrected chi connectivity index (χ2v) is 4.35. The van der Waals surface area contributed by atoms with E-state index in [9.17, 15) is 4.79 Å². The lowest BCUT2D eigenvalue weighted by molar-refractivity contribution is -0.122. The van der Waals surface area contributed by atoms with E-state index < -0.39 is 0 Å². The first-order chi connectivity index (χ1) is 8.13. The molecule has 17 heavy (non-hydrogen) atoms. The highest BCUT2D eigenvalue weighted by Crippen LogP contribution is 2.21. The molecule has 1 aliphatic rings. The molecule has 3 N–H and O–H groups in total. The van der Waals surface area contributed by atoms with Crippen molar-refractivity contribution in [3.8, 4) is 0 Å². The van der Waals surface area contributed by atoms with Crippen LogP contribution < -0.4 is 16.0 Å². The van der Waals surface area contributed by atoms with E-state index in [1.807, 2.05) is 24.8 Å². The van der Waals surface area contributed by atoms with Crippen molar-refractivity contribution in [1.82, 2.24) is 10.3 Å². The maximum atomic E-state index is 11.6. The number of aromatic nitrogens is 1. The maximum absolute atomic E-state index is 11.6. The second-order valence-electron chi connectivity index (χ2n) is 4.35. The molecule has 0 radical (unpaired) electrons. The molecule has 1 fully saturated rings. The van der Waals surface area contributed by atoms with E-state index in [4.69, 9.17) is 5.73 Å². The minimum Gasteiger partial charge on any atom is -0.353 e. The number of carbonyl (C=O) groups is 1. The minimum absolute atomic E-state index is 0.0559. The van der Waals surface area contributed by atoms with E-state index in [2.05, 4.69) is 10.3 Å². The van der Waals surface area contributed by atoms with Crippen molar-refractivity contribution in [2.24, 2.45) is 5.73 Å². The number of amides is 1. The highest BCUT2D eigenvalue weighted by atomic mass is 16.2. The van der Waals surface area contributed by atoms with E-state index in [1.54, 1.807) is 6.20 Å². The molecule has 0 spiro atoms. The third-order valence-corrected chi connectivity index (χ3v) is 3.11. The van der Waals surface area contributed by atoms with Crippen molar-refractivity contribution in [2.45, 2.75) is 26.4 Å². The van der Waals surface area contributed by atoms with Crippen LogP contribution in [0.3, 0.4) is 0 Å². The molecule has 1 aromatic heterocycles. The molecule has 1 amide bonds. The summed E-state index contributed by atoms with van der Waals surface area (Å²) in [5.74, 6) is 0.935. The van der Waals surface area contributed by atoms with Crippen molar-refractivity contribution >= 4 is 11.7 Å². The number of nitrogens with one attached hydrogen (secondary N) is 1. The molecule has 92 valence electrons. The van der Waals surface area contributed by atoms with Gasteiger partial charge in [-0.2, -0.15) is 0 Å². The van der Waals surface area contributed by atoms with Crippen LogP contribution in [0.15, 0.2) is 12.3 Å². The van der Waals surface area contributed by atoms with Crippen molar-refractivity contribution in [3.63, 3.8) is 0 Å². The van der Waals surface area contributed by atoms with Gasteiger partial charge in [-0.15, -0.1) is 0 Å². The molecular weight excluding hydrogens is 216 g/mol. The summed E-state index contributed by atoms with van der Waals surface area (Å²) in [5.41, 5.74) is 7.66. The van der Waals surface area contributed by atoms with Gasteiger partial charge in [0.15, 0.2) is 0 Å². The Hall–Kier alpha value is -1.62. The largest absolute Gasteiger partial charge is 0.353 e. The fourth-order valence-electron chi connectivity index (χ4n) is 2.11. The zero-order valence-corrected chi connectivity index (χ0v) is 10.2. The fraction of sp³-hybridized carbons (Fsp3) is 0.500. The number of carbonyl (C=O) groups excluding carboxylic acids is 1. The first kappa shape index (κ1) is 11.9. The van der Waals surface area contributed by atoms with Gasteiger partial charge >= 0.3 is 0 Å². The topological polar surface area (TPSA) is 71.2 Å². The highest BCUT2D eigenvalue weighted by molar-refractivity contribution is 5.85. The zero-order valence-electron chi connectivity index (χ0n) is 10.2. The SMILES string of the molecule is Cc1cc(CN)cnc1N1CCNC(=O)C1C. The van der Waals surface area contributed by atoms with Crippen LogP contribution in [0.4, 0.5) is 5.82 Å². The van der Waals surface area contributed by atoms with E-state index in [0.29, 0.717) is 13.1 Å². The molecule has 1 aromatic rings. The Morgan fingerprint density at radius 1 is 1.65 bits per heavy atom. The summed E-state index contributed by atoms with van der Waals surface area (Å²) in [4.78, 5) is 18.1. The van der Waals surface area contributed by atoms with Crippen LogP contribution in [-0.4, -0.2) is 30.0 Å². The molecule has 5 nitrogen and oxygen atoms in total. The summed E-state index contributed by atoms with van der Waals surface area (Å²) < 4.78 is 0. The van der Waals surface area contributed by atoms with Gasteiger partial charge in [-0.1, -0.05) is 0 Å². The van der Waals surface area contributed by atoms with E-state index in [1.165, 1.54) is 0 Å². The van der Waals surface area contributed by atoms with Gasteiger partial charge in [0, 0.05) is 25.8 Å². The van der Waals surface area contributed by atoms with Gasteiger partial charge in [-0.25, -0.2) is 4.98 Å². The van der Waals surface area contributed by atoms with Crippen LogP contribution in [0.5, 0.6) is 0 Å². The Bertz CT molecular complexity index is 433. The number of aryl methyl sites for hydroxylation is 1. The first-order valence-electron chi connectivity index (χ1n) is 5.83. The molecule has 0 bridgehead atoms. The van der Waals surface area contributed by atoms with Crippen molar-refractivity contribution in [1.29, 1.82) is 0 Å². The molecule has 2 heterocycles. The highest BCUT2D eigenvalue weighted by Gasteiger charge is 2.27. The molecule has 0 aliphatic carbocycles. The van der Waals surface area contributed by atoms with E-state index in [-0.39, 0.29) is 11.9 Å². The first-order valence-corrected chi connectivity index (χ1v) is 5.83. The van der Waals surface area contributed by atoms with Crippen LogP contribution in [-0.2, 0) is 11.3 Å². The quantitative estimate of drug-likeness (QED) is 0.765. The predicted molar refractivity (Wildman–Crippen MR) is 66.7 cm³/mol. The third kappa shape index (κ3) is 2.24. The fourth-order valence-corrected chi connectivity index (χ4v) is 2.11.